The Morgan fingerprint density at radius 1 is 1.35 bits per heavy atom. The van der Waals surface area contributed by atoms with Crippen LogP contribution in [0.2, 0.25) is 0 Å². The first kappa shape index (κ1) is 11.7. The van der Waals surface area contributed by atoms with E-state index in [0.29, 0.717) is 12.1 Å². The minimum atomic E-state index is -0.208. The molecule has 0 saturated heterocycles. The summed E-state index contributed by atoms with van der Waals surface area (Å²) in [5, 5.41) is 0. The smallest absolute Gasteiger partial charge is 0.255 e. The second-order valence-corrected chi connectivity index (χ2v) is 5.31. The third-order valence-electron chi connectivity index (χ3n) is 2.96. The number of nitrogens with zero attached hydrogens (tertiary/aromatic N) is 1. The predicted molar refractivity (Wildman–Crippen MR) is 70.7 cm³/mol. The average molecular weight is 230 g/mol. The summed E-state index contributed by atoms with van der Waals surface area (Å²) < 4.78 is 1.76. The molecule has 0 aromatic carbocycles. The first-order valence-electron chi connectivity index (χ1n) is 5.79. The lowest BCUT2D eigenvalue weighted by molar-refractivity contribution is 0.382. The normalized spacial score (nSPS) is 15.1. The minimum absolute atomic E-state index is 0.0536. The molecule has 90 valence electrons. The highest BCUT2D eigenvalue weighted by Gasteiger charge is 2.19. The van der Waals surface area contributed by atoms with Crippen LogP contribution in [0, 0.1) is 0 Å². The summed E-state index contributed by atoms with van der Waals surface area (Å²) in [5.41, 5.74) is 8.09. The van der Waals surface area contributed by atoms with Crippen LogP contribution in [0.15, 0.2) is 35.3 Å². The maximum absolute atomic E-state index is 12.4. The molecule has 3 nitrogen and oxygen atoms in total. The van der Waals surface area contributed by atoms with Gasteiger partial charge in [0.25, 0.3) is 5.56 Å². The topological polar surface area (TPSA) is 48.0 Å². The lowest BCUT2D eigenvalue weighted by Gasteiger charge is -2.23. The molecule has 0 bridgehead atoms. The number of aromatic nitrogens is 1. The summed E-state index contributed by atoms with van der Waals surface area (Å²) in [6.45, 7) is 6.06. The van der Waals surface area contributed by atoms with Gasteiger partial charge in [0.2, 0.25) is 0 Å². The molecule has 1 heterocycles. The van der Waals surface area contributed by atoms with Gasteiger partial charge in [-0.1, -0.05) is 12.2 Å². The Hall–Kier alpha value is -1.77. The summed E-state index contributed by atoms with van der Waals surface area (Å²) in [6, 6.07) is 1.93. The lowest BCUT2D eigenvalue weighted by atomic mass is 10.0. The molecule has 0 fully saturated rings. The van der Waals surface area contributed by atoms with Crippen LogP contribution in [0.4, 0.5) is 0 Å². The van der Waals surface area contributed by atoms with Crippen LogP contribution in [0.3, 0.4) is 0 Å². The number of hydrogen-bond donors (Lipinski definition) is 1. The molecule has 0 radical (unpaired) electrons. The van der Waals surface area contributed by atoms with Crippen molar-refractivity contribution in [2.24, 2.45) is 5.73 Å². The van der Waals surface area contributed by atoms with Crippen molar-refractivity contribution in [3.05, 3.63) is 52.0 Å². The summed E-state index contributed by atoms with van der Waals surface area (Å²) in [4.78, 5) is 12.4. The maximum atomic E-state index is 12.4. The van der Waals surface area contributed by atoms with E-state index >= 15 is 0 Å². The van der Waals surface area contributed by atoms with Crippen molar-refractivity contribution in [1.82, 2.24) is 4.57 Å². The van der Waals surface area contributed by atoms with Crippen molar-refractivity contribution < 1.29 is 0 Å². The van der Waals surface area contributed by atoms with Crippen LogP contribution in [0.5, 0.6) is 0 Å². The third kappa shape index (κ3) is 2.05. The highest BCUT2D eigenvalue weighted by atomic mass is 16.1. The van der Waals surface area contributed by atoms with Gasteiger partial charge in [0.1, 0.15) is 0 Å². The Kier molecular flexibility index (Phi) is 2.69. The molecule has 0 saturated carbocycles. The molecule has 1 aromatic heterocycles. The van der Waals surface area contributed by atoms with Crippen molar-refractivity contribution in [3.63, 3.8) is 0 Å². The zero-order valence-corrected chi connectivity index (χ0v) is 10.5. The number of fused-ring (bicyclic) bond motifs is 1. The van der Waals surface area contributed by atoms with Gasteiger partial charge < -0.3 is 10.3 Å². The summed E-state index contributed by atoms with van der Waals surface area (Å²) in [5.74, 6) is 0. The quantitative estimate of drug-likeness (QED) is 0.741. The van der Waals surface area contributed by atoms with E-state index in [1.54, 1.807) is 4.57 Å². The van der Waals surface area contributed by atoms with E-state index < -0.39 is 0 Å². The molecule has 2 rings (SSSR count). The van der Waals surface area contributed by atoms with E-state index in [1.165, 1.54) is 0 Å². The predicted octanol–water partition coefficient (Wildman–Crippen LogP) is 2.02. The molecule has 1 aliphatic carbocycles. The molecule has 0 spiro atoms. The van der Waals surface area contributed by atoms with Gasteiger partial charge in [0.15, 0.2) is 0 Å². The Labute approximate surface area is 101 Å². The van der Waals surface area contributed by atoms with Gasteiger partial charge in [-0.2, -0.15) is 0 Å². The summed E-state index contributed by atoms with van der Waals surface area (Å²) >= 11 is 0. The number of hydrogen-bond acceptors (Lipinski definition) is 2. The lowest BCUT2D eigenvalue weighted by Crippen LogP contribution is -2.35. The van der Waals surface area contributed by atoms with Gasteiger partial charge in [0.05, 0.1) is 0 Å². The fourth-order valence-electron chi connectivity index (χ4n) is 2.02. The summed E-state index contributed by atoms with van der Waals surface area (Å²) in [6.07, 6.45) is 8.17. The monoisotopic (exact) mass is 230 g/mol. The first-order chi connectivity index (χ1) is 7.91. The fourth-order valence-corrected chi connectivity index (χ4v) is 2.02. The third-order valence-corrected chi connectivity index (χ3v) is 2.96. The van der Waals surface area contributed by atoms with E-state index in [2.05, 4.69) is 0 Å². The van der Waals surface area contributed by atoms with Crippen LogP contribution in [0.25, 0.3) is 5.70 Å². The van der Waals surface area contributed by atoms with Crippen molar-refractivity contribution in [3.8, 4) is 0 Å². The zero-order chi connectivity index (χ0) is 12.6. The van der Waals surface area contributed by atoms with E-state index in [-0.39, 0.29) is 11.1 Å². The van der Waals surface area contributed by atoms with Gasteiger partial charge in [-0.3, -0.25) is 4.79 Å². The molecule has 1 aliphatic rings. The van der Waals surface area contributed by atoms with Crippen molar-refractivity contribution in [1.29, 1.82) is 0 Å². The maximum Gasteiger partial charge on any atom is 0.255 e. The van der Waals surface area contributed by atoms with Crippen LogP contribution in [0.1, 0.15) is 31.9 Å². The van der Waals surface area contributed by atoms with E-state index in [1.807, 2.05) is 51.3 Å². The van der Waals surface area contributed by atoms with E-state index in [4.69, 9.17) is 5.73 Å². The SMILES string of the molecule is CC(C)(C)n1ccc2c(c1=O)CC=CC=C2N. The standard InChI is InChI=1S/C14H18N2O/c1-14(2,3)16-9-8-10-11(13(16)17)6-4-5-7-12(10)15/h4-5,7-9H,6,15H2,1-3H3. The second kappa shape index (κ2) is 3.91. The Bertz CT molecular complexity index is 557. The Morgan fingerprint density at radius 3 is 2.71 bits per heavy atom. The van der Waals surface area contributed by atoms with Crippen molar-refractivity contribution in [2.75, 3.05) is 0 Å². The number of allylic oxidation sites excluding steroid dienone is 3. The number of pyridine rings is 1. The molecule has 1 aromatic rings. The highest BCUT2D eigenvalue weighted by molar-refractivity contribution is 5.67. The largest absolute Gasteiger partial charge is 0.398 e. The molecule has 2 N–H and O–H groups in total. The van der Waals surface area contributed by atoms with E-state index in [0.717, 1.165) is 11.1 Å². The zero-order valence-electron chi connectivity index (χ0n) is 10.5. The molecule has 0 amide bonds. The molecule has 3 heteroatoms. The Morgan fingerprint density at radius 2 is 2.06 bits per heavy atom. The molecular weight excluding hydrogens is 212 g/mol. The van der Waals surface area contributed by atoms with Gasteiger partial charge in [-0.25, -0.2) is 0 Å². The number of rotatable bonds is 0. The first-order valence-corrected chi connectivity index (χ1v) is 5.79. The van der Waals surface area contributed by atoms with Crippen LogP contribution in [-0.4, -0.2) is 4.57 Å². The van der Waals surface area contributed by atoms with Crippen LogP contribution >= 0.6 is 0 Å². The molecule has 17 heavy (non-hydrogen) atoms. The molecule has 0 unspecified atom stereocenters. The molecule has 0 atom stereocenters. The molecule has 0 aliphatic heterocycles. The van der Waals surface area contributed by atoms with Gasteiger partial charge in [0, 0.05) is 28.6 Å². The second-order valence-electron chi connectivity index (χ2n) is 5.31. The summed E-state index contributed by atoms with van der Waals surface area (Å²) in [7, 11) is 0. The van der Waals surface area contributed by atoms with Gasteiger partial charge in [-0.15, -0.1) is 0 Å². The highest BCUT2D eigenvalue weighted by Crippen LogP contribution is 2.19. The van der Waals surface area contributed by atoms with Crippen LogP contribution in [-0.2, 0) is 12.0 Å². The van der Waals surface area contributed by atoms with Gasteiger partial charge in [-0.05, 0) is 39.3 Å². The number of nitrogens with two attached hydrogens (primary N) is 1. The van der Waals surface area contributed by atoms with Crippen molar-refractivity contribution in [2.45, 2.75) is 32.7 Å². The van der Waals surface area contributed by atoms with Gasteiger partial charge >= 0.3 is 0 Å². The molecular formula is C14H18N2O. The van der Waals surface area contributed by atoms with E-state index in [9.17, 15) is 4.79 Å². The average Bonchev–Trinajstić information content (AvgIpc) is 2.40. The fraction of sp³-hybridized carbons (Fsp3) is 0.357. The van der Waals surface area contributed by atoms with Crippen LogP contribution < -0.4 is 11.3 Å². The van der Waals surface area contributed by atoms with Crippen molar-refractivity contribution >= 4 is 5.70 Å². The minimum Gasteiger partial charge on any atom is -0.398 e. The Balaban J connectivity index is 2.70.